The molecule has 0 aromatic rings. The predicted octanol–water partition coefficient (Wildman–Crippen LogP) is 2.09. The standard InChI is InChI=1S/C11H19NO/c1-2-9-4-3-5-11(6-9)7-10(13)12-8-11/h9H,2-8H2,1H3,(H,12,13). The van der Waals surface area contributed by atoms with Gasteiger partial charge in [0, 0.05) is 13.0 Å². The number of nitrogens with one attached hydrogen (secondary N) is 1. The van der Waals surface area contributed by atoms with Crippen LogP contribution in [0.1, 0.15) is 45.4 Å². The van der Waals surface area contributed by atoms with Gasteiger partial charge in [-0.25, -0.2) is 0 Å². The van der Waals surface area contributed by atoms with Crippen LogP contribution in [0.15, 0.2) is 0 Å². The molecule has 1 aliphatic heterocycles. The molecule has 1 saturated heterocycles. The quantitative estimate of drug-likeness (QED) is 0.659. The normalized spacial score (nSPS) is 39.5. The minimum absolute atomic E-state index is 0.275. The summed E-state index contributed by atoms with van der Waals surface area (Å²) in [5.74, 6) is 1.15. The van der Waals surface area contributed by atoms with Crippen LogP contribution in [0.4, 0.5) is 0 Å². The number of rotatable bonds is 1. The van der Waals surface area contributed by atoms with Gasteiger partial charge < -0.3 is 5.32 Å². The Kier molecular flexibility index (Phi) is 2.31. The molecule has 1 aliphatic carbocycles. The molecule has 0 aromatic heterocycles. The van der Waals surface area contributed by atoms with E-state index in [0.29, 0.717) is 5.41 Å². The van der Waals surface area contributed by atoms with Gasteiger partial charge in [0.15, 0.2) is 0 Å². The van der Waals surface area contributed by atoms with Gasteiger partial charge in [-0.05, 0) is 24.2 Å². The van der Waals surface area contributed by atoms with Crippen LogP contribution in [0.3, 0.4) is 0 Å². The van der Waals surface area contributed by atoms with E-state index in [1.54, 1.807) is 0 Å². The van der Waals surface area contributed by atoms with E-state index >= 15 is 0 Å². The van der Waals surface area contributed by atoms with Crippen LogP contribution in [0, 0.1) is 11.3 Å². The van der Waals surface area contributed by atoms with Crippen molar-refractivity contribution >= 4 is 5.91 Å². The minimum atomic E-state index is 0.275. The molecule has 0 aromatic carbocycles. The monoisotopic (exact) mass is 181 g/mol. The summed E-state index contributed by atoms with van der Waals surface area (Å²) in [5.41, 5.74) is 0.357. The predicted molar refractivity (Wildman–Crippen MR) is 52.3 cm³/mol. The van der Waals surface area contributed by atoms with Gasteiger partial charge in [0.1, 0.15) is 0 Å². The van der Waals surface area contributed by atoms with Crippen molar-refractivity contribution in [2.45, 2.75) is 45.4 Å². The average molecular weight is 181 g/mol. The van der Waals surface area contributed by atoms with Crippen molar-refractivity contribution in [3.63, 3.8) is 0 Å². The van der Waals surface area contributed by atoms with Crippen LogP contribution in [0.25, 0.3) is 0 Å². The zero-order valence-electron chi connectivity index (χ0n) is 8.44. The van der Waals surface area contributed by atoms with E-state index in [9.17, 15) is 4.79 Å². The van der Waals surface area contributed by atoms with Gasteiger partial charge in [-0.1, -0.05) is 26.2 Å². The number of amides is 1. The fourth-order valence-electron chi connectivity index (χ4n) is 3.00. The average Bonchev–Trinajstić information content (AvgIpc) is 2.47. The number of hydrogen-bond donors (Lipinski definition) is 1. The third-order valence-corrected chi connectivity index (χ3v) is 3.81. The van der Waals surface area contributed by atoms with Crippen LogP contribution in [-0.4, -0.2) is 12.5 Å². The summed E-state index contributed by atoms with van der Waals surface area (Å²) in [6, 6.07) is 0. The molecular weight excluding hydrogens is 162 g/mol. The summed E-state index contributed by atoms with van der Waals surface area (Å²) in [5, 5.41) is 2.99. The molecule has 13 heavy (non-hydrogen) atoms. The highest BCUT2D eigenvalue weighted by Crippen LogP contribution is 2.44. The van der Waals surface area contributed by atoms with Gasteiger partial charge in [0.2, 0.25) is 5.91 Å². The Labute approximate surface area is 80.1 Å². The van der Waals surface area contributed by atoms with E-state index in [1.807, 2.05) is 0 Å². The number of carbonyl (C=O) groups is 1. The van der Waals surface area contributed by atoms with E-state index in [4.69, 9.17) is 0 Å². The van der Waals surface area contributed by atoms with E-state index in [0.717, 1.165) is 18.9 Å². The molecule has 0 bridgehead atoms. The molecule has 2 nitrogen and oxygen atoms in total. The molecule has 2 rings (SSSR count). The minimum Gasteiger partial charge on any atom is -0.356 e. The Balaban J connectivity index is 2.02. The fourth-order valence-corrected chi connectivity index (χ4v) is 3.00. The van der Waals surface area contributed by atoms with Crippen molar-refractivity contribution in [1.29, 1.82) is 0 Å². The summed E-state index contributed by atoms with van der Waals surface area (Å²) >= 11 is 0. The number of hydrogen-bond acceptors (Lipinski definition) is 1. The molecule has 2 atom stereocenters. The lowest BCUT2D eigenvalue weighted by molar-refractivity contribution is -0.119. The largest absolute Gasteiger partial charge is 0.356 e. The Hall–Kier alpha value is -0.530. The molecule has 1 amide bonds. The topological polar surface area (TPSA) is 29.1 Å². The molecule has 1 heterocycles. The van der Waals surface area contributed by atoms with Gasteiger partial charge in [-0.15, -0.1) is 0 Å². The van der Waals surface area contributed by atoms with Gasteiger partial charge in [0.05, 0.1) is 0 Å². The number of carbonyl (C=O) groups excluding carboxylic acids is 1. The fraction of sp³-hybridized carbons (Fsp3) is 0.909. The van der Waals surface area contributed by atoms with E-state index in [1.165, 1.54) is 32.1 Å². The van der Waals surface area contributed by atoms with Crippen molar-refractivity contribution in [3.8, 4) is 0 Å². The van der Waals surface area contributed by atoms with Crippen LogP contribution in [0.2, 0.25) is 0 Å². The first-order chi connectivity index (χ1) is 6.24. The second-order valence-corrected chi connectivity index (χ2v) is 4.82. The lowest BCUT2D eigenvalue weighted by Crippen LogP contribution is -2.30. The van der Waals surface area contributed by atoms with Gasteiger partial charge in [-0.2, -0.15) is 0 Å². The smallest absolute Gasteiger partial charge is 0.220 e. The first kappa shape index (κ1) is 9.04. The van der Waals surface area contributed by atoms with Crippen molar-refractivity contribution in [2.24, 2.45) is 11.3 Å². The molecule has 2 aliphatic rings. The Morgan fingerprint density at radius 3 is 3.08 bits per heavy atom. The maximum Gasteiger partial charge on any atom is 0.220 e. The third-order valence-electron chi connectivity index (χ3n) is 3.81. The maximum absolute atomic E-state index is 11.2. The molecule has 2 unspecified atom stereocenters. The molecular formula is C11H19NO. The second kappa shape index (κ2) is 3.32. The van der Waals surface area contributed by atoms with Crippen LogP contribution in [0.5, 0.6) is 0 Å². The third kappa shape index (κ3) is 1.72. The summed E-state index contributed by atoms with van der Waals surface area (Å²) in [6.07, 6.45) is 7.34. The molecule has 2 heteroatoms. The summed E-state index contributed by atoms with van der Waals surface area (Å²) in [6.45, 7) is 3.22. The molecule has 0 radical (unpaired) electrons. The van der Waals surface area contributed by atoms with Crippen molar-refractivity contribution in [2.75, 3.05) is 6.54 Å². The van der Waals surface area contributed by atoms with Crippen LogP contribution in [-0.2, 0) is 4.79 Å². The molecule has 1 spiro atoms. The Morgan fingerprint density at radius 2 is 2.46 bits per heavy atom. The van der Waals surface area contributed by atoms with Gasteiger partial charge in [0.25, 0.3) is 0 Å². The lowest BCUT2D eigenvalue weighted by Gasteiger charge is -2.36. The van der Waals surface area contributed by atoms with Crippen LogP contribution >= 0.6 is 0 Å². The summed E-state index contributed by atoms with van der Waals surface area (Å²) in [4.78, 5) is 11.2. The highest BCUT2D eigenvalue weighted by molar-refractivity contribution is 5.79. The van der Waals surface area contributed by atoms with E-state index in [2.05, 4.69) is 12.2 Å². The molecule has 2 fully saturated rings. The first-order valence-corrected chi connectivity index (χ1v) is 5.51. The zero-order chi connectivity index (χ0) is 9.31. The van der Waals surface area contributed by atoms with Crippen molar-refractivity contribution < 1.29 is 4.79 Å². The SMILES string of the molecule is CCC1CCCC2(CNC(=O)C2)C1. The second-order valence-electron chi connectivity index (χ2n) is 4.82. The van der Waals surface area contributed by atoms with E-state index < -0.39 is 0 Å². The maximum atomic E-state index is 11.2. The summed E-state index contributed by atoms with van der Waals surface area (Å²) in [7, 11) is 0. The van der Waals surface area contributed by atoms with Gasteiger partial charge >= 0.3 is 0 Å². The van der Waals surface area contributed by atoms with Crippen molar-refractivity contribution in [3.05, 3.63) is 0 Å². The Morgan fingerprint density at radius 1 is 1.62 bits per heavy atom. The van der Waals surface area contributed by atoms with Gasteiger partial charge in [-0.3, -0.25) is 4.79 Å². The van der Waals surface area contributed by atoms with Crippen molar-refractivity contribution in [1.82, 2.24) is 5.32 Å². The first-order valence-electron chi connectivity index (χ1n) is 5.51. The zero-order valence-corrected chi connectivity index (χ0v) is 8.44. The lowest BCUT2D eigenvalue weighted by atomic mass is 9.68. The highest BCUT2D eigenvalue weighted by atomic mass is 16.1. The highest BCUT2D eigenvalue weighted by Gasteiger charge is 2.41. The molecule has 74 valence electrons. The summed E-state index contributed by atoms with van der Waals surface area (Å²) < 4.78 is 0. The Bertz CT molecular complexity index is 214. The van der Waals surface area contributed by atoms with E-state index in [-0.39, 0.29) is 5.91 Å². The molecule has 1 N–H and O–H groups in total. The van der Waals surface area contributed by atoms with Crippen LogP contribution < -0.4 is 5.32 Å². The molecule has 1 saturated carbocycles.